The number of hydrogen-bond donors (Lipinski definition) is 1. The summed E-state index contributed by atoms with van der Waals surface area (Å²) in [7, 11) is 1.34. The number of aromatic nitrogens is 1. The average molecular weight is 344 g/mol. The first-order valence-electron chi connectivity index (χ1n) is 7.48. The largest absolute Gasteiger partial charge is 0.469 e. The van der Waals surface area contributed by atoms with Crippen molar-refractivity contribution in [2.24, 2.45) is 0 Å². The van der Waals surface area contributed by atoms with Crippen LogP contribution in [0.1, 0.15) is 23.4 Å². The molecule has 0 fully saturated rings. The molecule has 24 heavy (non-hydrogen) atoms. The number of furan rings is 1. The summed E-state index contributed by atoms with van der Waals surface area (Å²) in [5.74, 6) is 0.186. The first kappa shape index (κ1) is 16.2. The van der Waals surface area contributed by atoms with Gasteiger partial charge in [0.05, 0.1) is 17.3 Å². The molecule has 0 saturated carbocycles. The molecule has 0 aliphatic rings. The fourth-order valence-corrected chi connectivity index (χ4v) is 3.10. The second kappa shape index (κ2) is 7.27. The van der Waals surface area contributed by atoms with E-state index in [2.05, 4.69) is 15.0 Å². The third-order valence-electron chi connectivity index (χ3n) is 3.41. The van der Waals surface area contributed by atoms with Crippen LogP contribution in [0, 0.1) is 0 Å². The number of carbonyl (C=O) groups is 2. The molecule has 3 aromatic rings. The Bertz CT molecular complexity index is 835. The number of hydrogen-bond acceptors (Lipinski definition) is 6. The van der Waals surface area contributed by atoms with Crippen LogP contribution in [-0.2, 0) is 9.53 Å². The highest BCUT2D eigenvalue weighted by molar-refractivity contribution is 7.21. The predicted octanol–water partition coefficient (Wildman–Crippen LogP) is 3.24. The maximum Gasteiger partial charge on any atom is 0.305 e. The van der Waals surface area contributed by atoms with Crippen LogP contribution >= 0.6 is 11.3 Å². The van der Waals surface area contributed by atoms with Crippen molar-refractivity contribution >= 4 is 33.4 Å². The number of nitrogens with one attached hydrogen (secondary N) is 1. The molecule has 2 aromatic heterocycles. The Balaban J connectivity index is 1.62. The van der Waals surface area contributed by atoms with E-state index in [1.807, 2.05) is 24.3 Å². The standard InChI is InChI=1S/C17H16N2O4S/c1-22-15(20)7-4-10-18-16(21)12-8-9-13(23-12)17-19-11-5-2-3-6-14(11)24-17/h2-3,5-6,8-9H,4,7,10H2,1H3,(H,18,21). The van der Waals surface area contributed by atoms with Crippen LogP contribution in [0.4, 0.5) is 0 Å². The molecule has 0 bridgehead atoms. The van der Waals surface area contributed by atoms with E-state index in [9.17, 15) is 9.59 Å². The van der Waals surface area contributed by atoms with E-state index in [0.717, 1.165) is 15.2 Å². The molecular weight excluding hydrogens is 328 g/mol. The van der Waals surface area contributed by atoms with Crippen LogP contribution in [0.5, 0.6) is 0 Å². The Morgan fingerprint density at radius 1 is 1.25 bits per heavy atom. The van der Waals surface area contributed by atoms with Crippen LogP contribution in [-0.4, -0.2) is 30.5 Å². The van der Waals surface area contributed by atoms with Crippen molar-refractivity contribution in [3.05, 3.63) is 42.2 Å². The van der Waals surface area contributed by atoms with Crippen molar-refractivity contribution in [3.63, 3.8) is 0 Å². The summed E-state index contributed by atoms with van der Waals surface area (Å²) in [5.41, 5.74) is 0.905. The van der Waals surface area contributed by atoms with Gasteiger partial charge in [-0.2, -0.15) is 0 Å². The van der Waals surface area contributed by atoms with Crippen molar-refractivity contribution in [2.45, 2.75) is 12.8 Å². The summed E-state index contributed by atoms with van der Waals surface area (Å²) in [4.78, 5) is 27.5. The van der Waals surface area contributed by atoms with Crippen LogP contribution in [0.25, 0.3) is 21.0 Å². The second-order valence-electron chi connectivity index (χ2n) is 5.09. The van der Waals surface area contributed by atoms with Gasteiger partial charge in [0.2, 0.25) is 0 Å². The number of benzene rings is 1. The Morgan fingerprint density at radius 2 is 2.08 bits per heavy atom. The molecule has 0 unspecified atom stereocenters. The van der Waals surface area contributed by atoms with E-state index in [0.29, 0.717) is 18.7 Å². The van der Waals surface area contributed by atoms with Crippen molar-refractivity contribution in [3.8, 4) is 10.8 Å². The number of esters is 1. The fraction of sp³-hybridized carbons (Fsp3) is 0.235. The molecule has 6 nitrogen and oxygen atoms in total. The minimum atomic E-state index is -0.313. The van der Waals surface area contributed by atoms with Gasteiger partial charge in [-0.15, -0.1) is 11.3 Å². The minimum absolute atomic E-state index is 0.224. The van der Waals surface area contributed by atoms with Gasteiger partial charge in [-0.1, -0.05) is 12.1 Å². The normalized spacial score (nSPS) is 10.7. The van der Waals surface area contributed by atoms with Gasteiger partial charge >= 0.3 is 5.97 Å². The average Bonchev–Trinajstić information content (AvgIpc) is 3.24. The van der Waals surface area contributed by atoms with E-state index in [1.54, 1.807) is 12.1 Å². The zero-order valence-corrected chi connectivity index (χ0v) is 13.9. The molecule has 0 spiro atoms. The highest BCUT2D eigenvalue weighted by Crippen LogP contribution is 2.31. The number of nitrogens with zero attached hydrogens (tertiary/aromatic N) is 1. The number of ether oxygens (including phenoxy) is 1. The molecule has 0 aliphatic heterocycles. The SMILES string of the molecule is COC(=O)CCCNC(=O)c1ccc(-c2nc3ccccc3s2)o1. The molecule has 1 aromatic carbocycles. The zero-order valence-electron chi connectivity index (χ0n) is 13.1. The molecule has 1 amide bonds. The third kappa shape index (κ3) is 3.62. The molecule has 3 rings (SSSR count). The quantitative estimate of drug-likeness (QED) is 0.548. The Morgan fingerprint density at radius 3 is 2.88 bits per heavy atom. The second-order valence-corrected chi connectivity index (χ2v) is 6.12. The van der Waals surface area contributed by atoms with Crippen molar-refractivity contribution < 1.29 is 18.7 Å². The highest BCUT2D eigenvalue weighted by Gasteiger charge is 2.14. The van der Waals surface area contributed by atoms with Gasteiger partial charge < -0.3 is 14.5 Å². The fourth-order valence-electron chi connectivity index (χ4n) is 2.18. The molecule has 2 heterocycles. The minimum Gasteiger partial charge on any atom is -0.469 e. The molecule has 124 valence electrons. The maximum absolute atomic E-state index is 12.0. The van der Waals surface area contributed by atoms with E-state index < -0.39 is 0 Å². The Labute approximate surface area is 142 Å². The number of para-hydroxylation sites is 1. The summed E-state index contributed by atoms with van der Waals surface area (Å²) in [5, 5.41) is 3.45. The van der Waals surface area contributed by atoms with E-state index in [-0.39, 0.29) is 24.1 Å². The van der Waals surface area contributed by atoms with E-state index in [1.165, 1.54) is 18.4 Å². The number of carbonyl (C=O) groups excluding carboxylic acids is 2. The molecule has 0 atom stereocenters. The third-order valence-corrected chi connectivity index (χ3v) is 4.46. The molecule has 7 heteroatoms. The van der Waals surface area contributed by atoms with Gasteiger partial charge in [0.15, 0.2) is 16.5 Å². The predicted molar refractivity (Wildman–Crippen MR) is 90.9 cm³/mol. The van der Waals surface area contributed by atoms with Crippen molar-refractivity contribution in [2.75, 3.05) is 13.7 Å². The zero-order chi connectivity index (χ0) is 16.9. The smallest absolute Gasteiger partial charge is 0.305 e. The first-order chi connectivity index (χ1) is 11.7. The highest BCUT2D eigenvalue weighted by atomic mass is 32.1. The maximum atomic E-state index is 12.0. The monoisotopic (exact) mass is 344 g/mol. The number of thiazole rings is 1. The van der Waals surface area contributed by atoms with E-state index >= 15 is 0 Å². The molecule has 0 saturated heterocycles. The van der Waals surface area contributed by atoms with Crippen molar-refractivity contribution in [1.29, 1.82) is 0 Å². The summed E-state index contributed by atoms with van der Waals surface area (Å²) < 4.78 is 11.2. The number of amides is 1. The first-order valence-corrected chi connectivity index (χ1v) is 8.30. The van der Waals surface area contributed by atoms with Crippen LogP contribution in [0.2, 0.25) is 0 Å². The molecule has 0 radical (unpaired) electrons. The van der Waals surface area contributed by atoms with E-state index in [4.69, 9.17) is 4.42 Å². The van der Waals surface area contributed by atoms with Gasteiger partial charge in [-0.25, -0.2) is 4.98 Å². The number of rotatable bonds is 6. The lowest BCUT2D eigenvalue weighted by atomic mass is 10.3. The molecule has 1 N–H and O–H groups in total. The lowest BCUT2D eigenvalue weighted by Gasteiger charge is -2.02. The lowest BCUT2D eigenvalue weighted by Crippen LogP contribution is -2.24. The molecular formula is C17H16N2O4S. The van der Waals surface area contributed by atoms with Crippen LogP contribution < -0.4 is 5.32 Å². The lowest BCUT2D eigenvalue weighted by molar-refractivity contribution is -0.140. The molecule has 0 aliphatic carbocycles. The van der Waals surface area contributed by atoms with Crippen LogP contribution in [0.15, 0.2) is 40.8 Å². The summed E-state index contributed by atoms with van der Waals surface area (Å²) in [6, 6.07) is 11.2. The summed E-state index contributed by atoms with van der Waals surface area (Å²) in [6.07, 6.45) is 0.787. The van der Waals surface area contributed by atoms with Crippen molar-refractivity contribution in [1.82, 2.24) is 10.3 Å². The topological polar surface area (TPSA) is 81.4 Å². The summed E-state index contributed by atoms with van der Waals surface area (Å²) >= 11 is 1.51. The Hall–Kier alpha value is -2.67. The number of methoxy groups -OCH3 is 1. The van der Waals surface area contributed by atoms with Gasteiger partial charge in [0, 0.05) is 13.0 Å². The summed E-state index contributed by atoms with van der Waals surface area (Å²) in [6.45, 7) is 0.380. The van der Waals surface area contributed by atoms with Crippen LogP contribution in [0.3, 0.4) is 0 Å². The van der Waals surface area contributed by atoms with Gasteiger partial charge in [-0.05, 0) is 30.7 Å². The number of fused-ring (bicyclic) bond motifs is 1. The van der Waals surface area contributed by atoms with Gasteiger partial charge in [-0.3, -0.25) is 9.59 Å². The Kier molecular flexibility index (Phi) is 4.90. The van der Waals surface area contributed by atoms with Gasteiger partial charge in [0.1, 0.15) is 0 Å². The van der Waals surface area contributed by atoms with Gasteiger partial charge in [0.25, 0.3) is 5.91 Å².